The Labute approximate surface area is 151 Å². The van der Waals surface area contributed by atoms with E-state index < -0.39 is 11.9 Å². The van der Waals surface area contributed by atoms with Crippen molar-refractivity contribution < 1.29 is 19.1 Å². The highest BCUT2D eigenvalue weighted by molar-refractivity contribution is 5.93. The van der Waals surface area contributed by atoms with Gasteiger partial charge >= 0.3 is 11.9 Å². The van der Waals surface area contributed by atoms with E-state index >= 15 is 0 Å². The summed E-state index contributed by atoms with van der Waals surface area (Å²) in [5.74, 6) is -0.649. The molecular formula is C20H15ClO4. The zero-order valence-electron chi connectivity index (χ0n) is 13.1. The normalized spacial score (nSPS) is 9.60. The van der Waals surface area contributed by atoms with Crippen LogP contribution in [0, 0.1) is 0 Å². The van der Waals surface area contributed by atoms with E-state index in [-0.39, 0.29) is 23.9 Å². The number of esters is 2. The smallest absolute Gasteiger partial charge is 0.343 e. The van der Waals surface area contributed by atoms with E-state index in [1.165, 1.54) is 0 Å². The van der Waals surface area contributed by atoms with Gasteiger partial charge in [-0.05, 0) is 36.4 Å². The lowest BCUT2D eigenvalue weighted by Gasteiger charge is -2.10. The van der Waals surface area contributed by atoms with Crippen molar-refractivity contribution in [2.24, 2.45) is 0 Å². The van der Waals surface area contributed by atoms with E-state index in [0.717, 1.165) is 0 Å². The molecule has 0 heterocycles. The van der Waals surface area contributed by atoms with Crippen LogP contribution in [0.1, 0.15) is 20.7 Å². The van der Waals surface area contributed by atoms with Crippen LogP contribution in [-0.2, 0) is 0 Å². The van der Waals surface area contributed by atoms with Crippen LogP contribution in [0.15, 0.2) is 84.9 Å². The van der Waals surface area contributed by atoms with Crippen LogP contribution in [0.2, 0.25) is 0 Å². The minimum atomic E-state index is -0.515. The van der Waals surface area contributed by atoms with Gasteiger partial charge in [0.1, 0.15) is 0 Å². The average Bonchev–Trinajstić information content (AvgIpc) is 2.64. The molecule has 0 fully saturated rings. The molecule has 0 aliphatic carbocycles. The molecule has 0 saturated carbocycles. The highest BCUT2D eigenvalue weighted by atomic mass is 35.5. The Bertz CT molecular complexity index is 775. The summed E-state index contributed by atoms with van der Waals surface area (Å²) in [6, 6.07) is 23.8. The molecule has 0 aliphatic heterocycles. The molecule has 0 radical (unpaired) electrons. The first kappa shape index (κ1) is 18.2. The summed E-state index contributed by atoms with van der Waals surface area (Å²) < 4.78 is 10.7. The van der Waals surface area contributed by atoms with Crippen molar-refractivity contribution in [1.29, 1.82) is 0 Å². The Morgan fingerprint density at radius 3 is 1.20 bits per heavy atom. The van der Waals surface area contributed by atoms with Crippen LogP contribution < -0.4 is 9.47 Å². The zero-order chi connectivity index (χ0) is 16.8. The molecule has 126 valence electrons. The molecule has 0 unspecified atom stereocenters. The lowest BCUT2D eigenvalue weighted by molar-refractivity contribution is 0.0682. The second kappa shape index (κ2) is 8.66. The van der Waals surface area contributed by atoms with Gasteiger partial charge in [-0.1, -0.05) is 48.5 Å². The molecule has 0 N–H and O–H groups in total. The highest BCUT2D eigenvalue weighted by Gasteiger charge is 2.15. The van der Waals surface area contributed by atoms with Gasteiger partial charge in [0.25, 0.3) is 0 Å². The average molecular weight is 355 g/mol. The van der Waals surface area contributed by atoms with E-state index in [4.69, 9.17) is 9.47 Å². The summed E-state index contributed by atoms with van der Waals surface area (Å²) in [5, 5.41) is 0. The van der Waals surface area contributed by atoms with Crippen LogP contribution in [0.5, 0.6) is 11.5 Å². The van der Waals surface area contributed by atoms with Gasteiger partial charge in [-0.25, -0.2) is 9.59 Å². The standard InChI is InChI=1S/C20H14O4.ClH/c21-19(15-9-3-1-4-10-15)23-17-13-7-8-14-18(17)24-20(22)16-11-5-2-6-12-16;/h1-14H;1H. The molecule has 0 bridgehead atoms. The Hall–Kier alpha value is -3.11. The maximum absolute atomic E-state index is 12.2. The molecule has 0 saturated heterocycles. The summed E-state index contributed by atoms with van der Waals surface area (Å²) >= 11 is 0. The Kier molecular flexibility index (Phi) is 6.32. The van der Waals surface area contributed by atoms with Crippen molar-refractivity contribution in [3.8, 4) is 11.5 Å². The minimum Gasteiger partial charge on any atom is -0.419 e. The molecular weight excluding hydrogens is 340 g/mol. The Balaban J connectivity index is 0.00000225. The number of ether oxygens (including phenoxy) is 2. The van der Waals surface area contributed by atoms with Crippen molar-refractivity contribution in [2.75, 3.05) is 0 Å². The number of benzene rings is 3. The summed E-state index contributed by atoms with van der Waals surface area (Å²) in [6.07, 6.45) is 0. The molecule has 3 rings (SSSR count). The molecule has 0 atom stereocenters. The maximum Gasteiger partial charge on any atom is 0.343 e. The zero-order valence-corrected chi connectivity index (χ0v) is 13.9. The first-order valence-electron chi connectivity index (χ1n) is 7.37. The molecule has 0 amide bonds. The van der Waals surface area contributed by atoms with E-state index in [0.29, 0.717) is 11.1 Å². The lowest BCUT2D eigenvalue weighted by Crippen LogP contribution is -2.12. The Morgan fingerprint density at radius 1 is 0.520 bits per heavy atom. The van der Waals surface area contributed by atoms with E-state index in [9.17, 15) is 9.59 Å². The van der Waals surface area contributed by atoms with E-state index in [2.05, 4.69) is 0 Å². The van der Waals surface area contributed by atoms with Crippen LogP contribution in [-0.4, -0.2) is 11.9 Å². The number of para-hydroxylation sites is 2. The fourth-order valence-electron chi connectivity index (χ4n) is 2.08. The third kappa shape index (κ3) is 4.68. The van der Waals surface area contributed by atoms with Gasteiger partial charge in [-0.3, -0.25) is 0 Å². The fourth-order valence-corrected chi connectivity index (χ4v) is 2.08. The molecule has 0 aromatic heterocycles. The lowest BCUT2D eigenvalue weighted by atomic mass is 10.2. The third-order valence-corrected chi connectivity index (χ3v) is 3.27. The fraction of sp³-hybridized carbons (Fsp3) is 0. The van der Waals surface area contributed by atoms with Gasteiger partial charge in [0, 0.05) is 0 Å². The largest absolute Gasteiger partial charge is 0.419 e. The first-order chi connectivity index (χ1) is 11.7. The molecule has 3 aromatic rings. The maximum atomic E-state index is 12.2. The van der Waals surface area contributed by atoms with Crippen LogP contribution in [0.4, 0.5) is 0 Å². The van der Waals surface area contributed by atoms with E-state index in [1.807, 2.05) is 12.1 Å². The molecule has 5 heteroatoms. The monoisotopic (exact) mass is 354 g/mol. The van der Waals surface area contributed by atoms with Crippen molar-refractivity contribution in [2.45, 2.75) is 0 Å². The van der Waals surface area contributed by atoms with Gasteiger partial charge < -0.3 is 9.47 Å². The topological polar surface area (TPSA) is 52.6 Å². The summed E-state index contributed by atoms with van der Waals surface area (Å²) in [4.78, 5) is 24.3. The second-order valence-electron chi connectivity index (χ2n) is 4.96. The van der Waals surface area contributed by atoms with Gasteiger partial charge in [0.2, 0.25) is 0 Å². The van der Waals surface area contributed by atoms with Gasteiger partial charge in [-0.2, -0.15) is 0 Å². The Morgan fingerprint density at radius 2 is 0.840 bits per heavy atom. The SMILES string of the molecule is Cl.O=C(Oc1ccccc1OC(=O)c1ccccc1)c1ccccc1. The molecule has 25 heavy (non-hydrogen) atoms. The number of hydrogen-bond donors (Lipinski definition) is 0. The number of carbonyl (C=O) groups is 2. The van der Waals surface area contributed by atoms with Crippen LogP contribution in [0.25, 0.3) is 0 Å². The second-order valence-corrected chi connectivity index (χ2v) is 4.96. The van der Waals surface area contributed by atoms with Crippen molar-refractivity contribution >= 4 is 24.3 Å². The van der Waals surface area contributed by atoms with Crippen LogP contribution >= 0.6 is 12.4 Å². The molecule has 3 aromatic carbocycles. The molecule has 0 aliphatic rings. The minimum absolute atomic E-state index is 0. The van der Waals surface area contributed by atoms with Gasteiger partial charge in [-0.15, -0.1) is 12.4 Å². The van der Waals surface area contributed by atoms with Gasteiger partial charge in [0.05, 0.1) is 11.1 Å². The first-order valence-corrected chi connectivity index (χ1v) is 7.37. The van der Waals surface area contributed by atoms with Gasteiger partial charge in [0.15, 0.2) is 11.5 Å². The predicted molar refractivity (Wildman–Crippen MR) is 96.5 cm³/mol. The molecule has 0 spiro atoms. The summed E-state index contributed by atoms with van der Waals surface area (Å²) in [7, 11) is 0. The van der Waals surface area contributed by atoms with Crippen LogP contribution in [0.3, 0.4) is 0 Å². The number of rotatable bonds is 4. The number of hydrogen-bond acceptors (Lipinski definition) is 4. The van der Waals surface area contributed by atoms with E-state index in [1.54, 1.807) is 72.8 Å². The number of halogens is 1. The summed E-state index contributed by atoms with van der Waals surface area (Å²) in [5.41, 5.74) is 0.836. The number of carbonyl (C=O) groups excluding carboxylic acids is 2. The van der Waals surface area contributed by atoms with Crippen molar-refractivity contribution in [3.05, 3.63) is 96.1 Å². The predicted octanol–water partition coefficient (Wildman–Crippen LogP) is 4.55. The van der Waals surface area contributed by atoms with Crippen molar-refractivity contribution in [3.63, 3.8) is 0 Å². The molecule has 4 nitrogen and oxygen atoms in total. The third-order valence-electron chi connectivity index (χ3n) is 3.27. The highest BCUT2D eigenvalue weighted by Crippen LogP contribution is 2.28. The quantitative estimate of drug-likeness (QED) is 0.509. The summed E-state index contributed by atoms with van der Waals surface area (Å²) in [6.45, 7) is 0. The van der Waals surface area contributed by atoms with Crippen molar-refractivity contribution in [1.82, 2.24) is 0 Å².